The number of rotatable bonds is 2. The van der Waals surface area contributed by atoms with Gasteiger partial charge in [0.05, 0.1) is 10.6 Å². The Kier molecular flexibility index (Phi) is 3.40. The van der Waals surface area contributed by atoms with E-state index in [1.165, 1.54) is 0 Å². The van der Waals surface area contributed by atoms with E-state index >= 15 is 0 Å². The molecule has 0 aliphatic heterocycles. The molecule has 0 atom stereocenters. The van der Waals surface area contributed by atoms with Crippen molar-refractivity contribution in [3.05, 3.63) is 82.4 Å². The molecule has 1 amide bonds. The monoisotopic (exact) mass is 334 g/mol. The summed E-state index contributed by atoms with van der Waals surface area (Å²) >= 11 is 6.01. The van der Waals surface area contributed by atoms with Crippen LogP contribution in [0.25, 0.3) is 10.8 Å². The van der Waals surface area contributed by atoms with Crippen molar-refractivity contribution in [2.45, 2.75) is 0 Å². The van der Waals surface area contributed by atoms with Crippen molar-refractivity contribution in [1.82, 2.24) is 5.43 Å². The zero-order chi connectivity index (χ0) is 16.7. The van der Waals surface area contributed by atoms with Gasteiger partial charge in [0, 0.05) is 16.5 Å². The molecule has 0 fully saturated rings. The van der Waals surface area contributed by atoms with Crippen LogP contribution in [0.1, 0.15) is 26.3 Å². The van der Waals surface area contributed by atoms with Gasteiger partial charge in [-0.05, 0) is 17.5 Å². The molecule has 24 heavy (non-hydrogen) atoms. The number of ketones is 1. The van der Waals surface area contributed by atoms with E-state index in [-0.39, 0.29) is 11.5 Å². The summed E-state index contributed by atoms with van der Waals surface area (Å²) in [4.78, 5) is 24.8. The Balaban J connectivity index is 1.73. The molecular formula is C19H11ClN2O2. The SMILES string of the molecule is O=C(NN=C1C(=O)c2cccc3cccc1c23)c1ccccc1Cl. The van der Waals surface area contributed by atoms with E-state index in [0.717, 1.165) is 16.3 Å². The molecule has 3 aromatic carbocycles. The summed E-state index contributed by atoms with van der Waals surface area (Å²) < 4.78 is 0. The molecule has 0 saturated heterocycles. The highest BCUT2D eigenvalue weighted by atomic mass is 35.5. The zero-order valence-electron chi connectivity index (χ0n) is 12.4. The summed E-state index contributed by atoms with van der Waals surface area (Å²) in [6, 6.07) is 17.9. The van der Waals surface area contributed by atoms with Crippen LogP contribution >= 0.6 is 11.6 Å². The lowest BCUT2D eigenvalue weighted by atomic mass is 10.1. The second-order valence-corrected chi connectivity index (χ2v) is 5.83. The number of benzene rings is 3. The Hall–Kier alpha value is -2.98. The Labute approximate surface area is 142 Å². The minimum absolute atomic E-state index is 0.193. The highest BCUT2D eigenvalue weighted by Gasteiger charge is 2.29. The molecule has 0 saturated carbocycles. The molecule has 4 nitrogen and oxygen atoms in total. The maximum absolute atomic E-state index is 12.6. The van der Waals surface area contributed by atoms with Crippen LogP contribution < -0.4 is 5.43 Å². The average molecular weight is 335 g/mol. The van der Waals surface area contributed by atoms with E-state index in [4.69, 9.17) is 11.6 Å². The van der Waals surface area contributed by atoms with Gasteiger partial charge < -0.3 is 0 Å². The number of halogens is 1. The number of amides is 1. The third-order valence-electron chi connectivity index (χ3n) is 4.01. The second kappa shape index (κ2) is 5.58. The average Bonchev–Trinajstić information content (AvgIpc) is 2.88. The molecule has 1 N–H and O–H groups in total. The highest BCUT2D eigenvalue weighted by Crippen LogP contribution is 2.30. The molecule has 5 heteroatoms. The fraction of sp³-hybridized carbons (Fsp3) is 0. The van der Waals surface area contributed by atoms with Crippen LogP contribution in [-0.4, -0.2) is 17.4 Å². The molecular weight excluding hydrogens is 324 g/mol. The summed E-state index contributed by atoms with van der Waals surface area (Å²) in [5.41, 5.74) is 4.32. The van der Waals surface area contributed by atoms with E-state index in [1.54, 1.807) is 30.3 Å². The van der Waals surface area contributed by atoms with Gasteiger partial charge in [-0.25, -0.2) is 5.43 Å². The van der Waals surface area contributed by atoms with Crippen molar-refractivity contribution in [3.63, 3.8) is 0 Å². The van der Waals surface area contributed by atoms with Crippen molar-refractivity contribution in [1.29, 1.82) is 0 Å². The van der Waals surface area contributed by atoms with Crippen LogP contribution in [0.4, 0.5) is 0 Å². The molecule has 1 aliphatic carbocycles. The van der Waals surface area contributed by atoms with Gasteiger partial charge in [-0.15, -0.1) is 0 Å². The lowest BCUT2D eigenvalue weighted by molar-refractivity contribution is 0.0955. The summed E-state index contributed by atoms with van der Waals surface area (Å²) in [7, 11) is 0. The van der Waals surface area contributed by atoms with Crippen LogP contribution in [0.2, 0.25) is 5.02 Å². The fourth-order valence-corrected chi connectivity index (χ4v) is 3.12. The van der Waals surface area contributed by atoms with Gasteiger partial charge in [0.1, 0.15) is 5.71 Å². The van der Waals surface area contributed by atoms with Crippen molar-refractivity contribution in [2.24, 2.45) is 5.10 Å². The Morgan fingerprint density at radius 2 is 1.62 bits per heavy atom. The number of hydrazone groups is 1. The molecule has 1 aliphatic rings. The number of hydrogen-bond acceptors (Lipinski definition) is 3. The minimum atomic E-state index is -0.455. The lowest BCUT2D eigenvalue weighted by Gasteiger charge is -2.03. The van der Waals surface area contributed by atoms with E-state index in [2.05, 4.69) is 10.5 Å². The topological polar surface area (TPSA) is 58.5 Å². The zero-order valence-corrected chi connectivity index (χ0v) is 13.2. The van der Waals surface area contributed by atoms with E-state index < -0.39 is 5.91 Å². The minimum Gasteiger partial charge on any atom is -0.287 e. The van der Waals surface area contributed by atoms with Gasteiger partial charge in [-0.1, -0.05) is 60.1 Å². The van der Waals surface area contributed by atoms with Crippen LogP contribution in [0.5, 0.6) is 0 Å². The third kappa shape index (κ3) is 2.20. The molecule has 0 spiro atoms. The summed E-state index contributed by atoms with van der Waals surface area (Å²) in [6.45, 7) is 0. The number of nitrogens with zero attached hydrogens (tertiary/aromatic N) is 1. The smallest absolute Gasteiger partial charge is 0.272 e. The van der Waals surface area contributed by atoms with Crippen molar-refractivity contribution < 1.29 is 9.59 Å². The fourth-order valence-electron chi connectivity index (χ4n) is 2.90. The second-order valence-electron chi connectivity index (χ2n) is 5.42. The van der Waals surface area contributed by atoms with Gasteiger partial charge in [0.2, 0.25) is 5.78 Å². The highest BCUT2D eigenvalue weighted by molar-refractivity contribution is 6.59. The molecule has 3 aromatic rings. The first-order chi connectivity index (χ1) is 11.7. The van der Waals surface area contributed by atoms with Crippen LogP contribution in [0.15, 0.2) is 65.8 Å². The lowest BCUT2D eigenvalue weighted by Crippen LogP contribution is -2.22. The summed E-state index contributed by atoms with van der Waals surface area (Å²) in [5, 5.41) is 6.25. The normalized spacial score (nSPS) is 14.4. The van der Waals surface area contributed by atoms with Gasteiger partial charge in [0.15, 0.2) is 0 Å². The first kappa shape index (κ1) is 14.6. The molecule has 0 aromatic heterocycles. The molecule has 116 valence electrons. The maximum Gasteiger partial charge on any atom is 0.272 e. The van der Waals surface area contributed by atoms with Crippen molar-refractivity contribution in [2.75, 3.05) is 0 Å². The number of Topliss-reactive ketones (excluding diaryl/α,β-unsaturated/α-hetero) is 1. The Morgan fingerprint density at radius 3 is 2.38 bits per heavy atom. The molecule has 0 unspecified atom stereocenters. The standard InChI is InChI=1S/C19H11ClN2O2/c20-15-10-2-1-7-12(15)19(24)22-21-17-13-8-3-5-11-6-4-9-14(16(11)13)18(17)23/h1-10H,(H,22,24). The van der Waals surface area contributed by atoms with Crippen LogP contribution in [0, 0.1) is 0 Å². The summed E-state index contributed by atoms with van der Waals surface area (Å²) in [6.07, 6.45) is 0. The predicted octanol–water partition coefficient (Wildman–Crippen LogP) is 3.82. The summed E-state index contributed by atoms with van der Waals surface area (Å²) in [5.74, 6) is -0.648. The van der Waals surface area contributed by atoms with Gasteiger partial charge >= 0.3 is 0 Å². The Morgan fingerprint density at radius 1 is 0.917 bits per heavy atom. The van der Waals surface area contributed by atoms with Crippen molar-refractivity contribution in [3.8, 4) is 0 Å². The number of nitrogens with one attached hydrogen (secondary N) is 1. The number of hydrogen-bond donors (Lipinski definition) is 1. The third-order valence-corrected chi connectivity index (χ3v) is 4.34. The van der Waals surface area contributed by atoms with E-state index in [0.29, 0.717) is 16.1 Å². The van der Waals surface area contributed by atoms with E-state index in [9.17, 15) is 9.59 Å². The molecule has 4 rings (SSSR count). The van der Waals surface area contributed by atoms with Crippen molar-refractivity contribution >= 4 is 39.8 Å². The maximum atomic E-state index is 12.6. The van der Waals surface area contributed by atoms with Gasteiger partial charge in [-0.2, -0.15) is 5.10 Å². The van der Waals surface area contributed by atoms with E-state index in [1.807, 2.05) is 30.3 Å². The van der Waals surface area contributed by atoms with Gasteiger partial charge in [-0.3, -0.25) is 9.59 Å². The number of carbonyl (C=O) groups is 2. The Bertz CT molecular complexity index is 1040. The predicted molar refractivity (Wildman–Crippen MR) is 93.7 cm³/mol. The first-order valence-electron chi connectivity index (χ1n) is 7.36. The first-order valence-corrected chi connectivity index (χ1v) is 7.74. The number of carbonyl (C=O) groups excluding carboxylic acids is 2. The van der Waals surface area contributed by atoms with Crippen LogP contribution in [-0.2, 0) is 0 Å². The quantitative estimate of drug-likeness (QED) is 0.724. The molecule has 0 radical (unpaired) electrons. The molecule has 0 bridgehead atoms. The largest absolute Gasteiger partial charge is 0.287 e. The van der Waals surface area contributed by atoms with Crippen LogP contribution in [0.3, 0.4) is 0 Å². The molecule has 0 heterocycles. The van der Waals surface area contributed by atoms with Gasteiger partial charge in [0.25, 0.3) is 5.91 Å².